The zero-order valence-electron chi connectivity index (χ0n) is 22.1. The summed E-state index contributed by atoms with van der Waals surface area (Å²) < 4.78 is 3.17. The largest absolute Gasteiger partial charge is 0.384 e. The van der Waals surface area contributed by atoms with Gasteiger partial charge in [-0.3, -0.25) is 4.79 Å². The maximum atomic E-state index is 13.2. The summed E-state index contributed by atoms with van der Waals surface area (Å²) >= 11 is 0. The van der Waals surface area contributed by atoms with Crippen molar-refractivity contribution in [3.8, 4) is 5.82 Å². The van der Waals surface area contributed by atoms with Gasteiger partial charge in [-0.25, -0.2) is 19.3 Å². The number of hydrogen-bond donors (Lipinski definition) is 2. The first-order valence-corrected chi connectivity index (χ1v) is 12.8. The van der Waals surface area contributed by atoms with Crippen LogP contribution < -0.4 is 15.8 Å². The Labute approximate surface area is 221 Å². The fourth-order valence-corrected chi connectivity index (χ4v) is 4.68. The highest BCUT2D eigenvalue weighted by Crippen LogP contribution is 2.23. The lowest BCUT2D eigenvalue weighted by Gasteiger charge is -2.23. The van der Waals surface area contributed by atoms with Crippen LogP contribution in [0.5, 0.6) is 0 Å². The molecule has 1 saturated heterocycles. The fraction of sp³-hybridized carbons (Fsp3) is 0.357. The summed E-state index contributed by atoms with van der Waals surface area (Å²) in [5.74, 6) is 0.834. The number of aliphatic hydroxyl groups is 1. The molecular weight excluding hydrogens is 480 g/mol. The van der Waals surface area contributed by atoms with E-state index in [1.807, 2.05) is 12.1 Å². The molecule has 0 spiro atoms. The van der Waals surface area contributed by atoms with Crippen LogP contribution in [0.2, 0.25) is 0 Å². The summed E-state index contributed by atoms with van der Waals surface area (Å²) in [6.07, 6.45) is 4.32. The van der Waals surface area contributed by atoms with Crippen LogP contribution in [0.1, 0.15) is 26.0 Å². The van der Waals surface area contributed by atoms with Crippen molar-refractivity contribution in [2.75, 3.05) is 43.4 Å². The molecule has 198 valence electrons. The van der Waals surface area contributed by atoms with Crippen LogP contribution in [0.4, 0.5) is 17.3 Å². The third-order valence-electron chi connectivity index (χ3n) is 6.76. The molecule has 1 fully saturated rings. The highest BCUT2D eigenvalue weighted by atomic mass is 16.3. The van der Waals surface area contributed by atoms with Crippen molar-refractivity contribution >= 4 is 28.4 Å². The summed E-state index contributed by atoms with van der Waals surface area (Å²) in [6.45, 7) is 11.6. The van der Waals surface area contributed by atoms with Crippen LogP contribution >= 0.6 is 0 Å². The molecule has 3 aromatic heterocycles. The van der Waals surface area contributed by atoms with E-state index in [2.05, 4.69) is 50.8 Å². The van der Waals surface area contributed by atoms with Crippen molar-refractivity contribution in [2.24, 2.45) is 0 Å². The van der Waals surface area contributed by atoms with Gasteiger partial charge >= 0.3 is 0 Å². The van der Waals surface area contributed by atoms with Gasteiger partial charge < -0.3 is 20.2 Å². The number of likely N-dealkylation sites (N-methyl/N-ethyl adjacent to an activating group) is 1. The van der Waals surface area contributed by atoms with Crippen molar-refractivity contribution in [3.63, 3.8) is 0 Å². The Bertz CT molecular complexity index is 1500. The highest BCUT2D eigenvalue weighted by Gasteiger charge is 2.22. The smallest absolute Gasteiger partial charge is 0.278 e. The minimum atomic E-state index is -1.14. The van der Waals surface area contributed by atoms with Gasteiger partial charge in [-0.2, -0.15) is 4.98 Å². The summed E-state index contributed by atoms with van der Waals surface area (Å²) in [6, 6.07) is 13.6. The number of benzene rings is 1. The Kier molecular flexibility index (Phi) is 7.00. The number of nitrogens with zero attached hydrogens (tertiary/aromatic N) is 7. The van der Waals surface area contributed by atoms with Gasteiger partial charge in [-0.1, -0.05) is 12.1 Å². The Morgan fingerprint density at radius 3 is 2.61 bits per heavy atom. The van der Waals surface area contributed by atoms with Crippen LogP contribution in [0.25, 0.3) is 16.9 Å². The molecule has 1 aliphatic heterocycles. The van der Waals surface area contributed by atoms with E-state index in [9.17, 15) is 9.90 Å². The van der Waals surface area contributed by atoms with Gasteiger partial charge in [0.05, 0.1) is 12.2 Å². The predicted molar refractivity (Wildman–Crippen MR) is 150 cm³/mol. The topological polar surface area (TPSA) is 104 Å². The van der Waals surface area contributed by atoms with E-state index in [0.717, 1.165) is 38.3 Å². The summed E-state index contributed by atoms with van der Waals surface area (Å²) in [4.78, 5) is 31.7. The molecule has 4 heterocycles. The van der Waals surface area contributed by atoms with Crippen LogP contribution in [0.3, 0.4) is 0 Å². The monoisotopic (exact) mass is 514 g/mol. The van der Waals surface area contributed by atoms with Crippen LogP contribution in [0, 0.1) is 0 Å². The Balaban J connectivity index is 1.48. The second-order valence-corrected chi connectivity index (χ2v) is 10.2. The normalized spacial score (nSPS) is 15.0. The number of hydrogen-bond acceptors (Lipinski definition) is 8. The Morgan fingerprint density at radius 2 is 1.87 bits per heavy atom. The number of rotatable bonds is 7. The molecule has 4 aromatic rings. The molecule has 0 saturated carbocycles. The lowest BCUT2D eigenvalue weighted by atomic mass is 10.1. The lowest BCUT2D eigenvalue weighted by Crippen LogP contribution is -2.28. The molecule has 10 heteroatoms. The second kappa shape index (κ2) is 10.4. The van der Waals surface area contributed by atoms with E-state index in [0.29, 0.717) is 28.5 Å². The molecule has 38 heavy (non-hydrogen) atoms. The first-order chi connectivity index (χ1) is 18.2. The second-order valence-electron chi connectivity index (χ2n) is 10.2. The molecule has 0 unspecified atom stereocenters. The number of pyridine rings is 1. The van der Waals surface area contributed by atoms with Gasteiger partial charge in [0.2, 0.25) is 5.95 Å². The Hall–Kier alpha value is -4.02. The molecule has 0 aliphatic carbocycles. The third kappa shape index (κ3) is 5.18. The lowest BCUT2D eigenvalue weighted by molar-refractivity contribution is 0.0738. The van der Waals surface area contributed by atoms with Gasteiger partial charge in [0.25, 0.3) is 5.56 Å². The third-order valence-corrected chi connectivity index (χ3v) is 6.76. The molecular formula is C28H34N8O2. The fourth-order valence-electron chi connectivity index (χ4n) is 4.68. The summed E-state index contributed by atoms with van der Waals surface area (Å²) in [7, 11) is 2.17. The number of anilines is 3. The minimum absolute atomic E-state index is 0.241. The quantitative estimate of drug-likeness (QED) is 0.362. The number of aromatic nitrogens is 5. The molecule has 0 radical (unpaired) electrons. The van der Waals surface area contributed by atoms with E-state index in [4.69, 9.17) is 4.98 Å². The van der Waals surface area contributed by atoms with Crippen molar-refractivity contribution in [3.05, 3.63) is 77.4 Å². The number of nitrogens with one attached hydrogen (secondary N) is 1. The molecule has 5 rings (SSSR count). The van der Waals surface area contributed by atoms with Crippen LogP contribution in [-0.2, 0) is 12.1 Å². The van der Waals surface area contributed by atoms with Gasteiger partial charge in [-0.15, -0.1) is 6.58 Å². The van der Waals surface area contributed by atoms with Crippen molar-refractivity contribution in [1.29, 1.82) is 0 Å². The molecule has 0 bridgehead atoms. The first-order valence-electron chi connectivity index (χ1n) is 12.8. The van der Waals surface area contributed by atoms with E-state index in [1.165, 1.54) is 16.6 Å². The average molecular weight is 515 g/mol. The van der Waals surface area contributed by atoms with Crippen molar-refractivity contribution in [1.82, 2.24) is 29.2 Å². The maximum Gasteiger partial charge on any atom is 0.278 e. The predicted octanol–water partition coefficient (Wildman–Crippen LogP) is 3.28. The van der Waals surface area contributed by atoms with E-state index in [-0.39, 0.29) is 12.1 Å². The van der Waals surface area contributed by atoms with Gasteiger partial charge in [0.1, 0.15) is 11.0 Å². The van der Waals surface area contributed by atoms with E-state index in [1.54, 1.807) is 42.8 Å². The van der Waals surface area contributed by atoms with Crippen molar-refractivity contribution < 1.29 is 5.11 Å². The van der Waals surface area contributed by atoms with E-state index >= 15 is 0 Å². The number of allylic oxidation sites excluding steroid dienone is 1. The maximum absolute atomic E-state index is 13.2. The minimum Gasteiger partial charge on any atom is -0.384 e. The zero-order chi connectivity index (χ0) is 26.9. The van der Waals surface area contributed by atoms with Crippen LogP contribution in [-0.4, -0.2) is 67.5 Å². The molecule has 1 aliphatic rings. The average Bonchev–Trinajstić information content (AvgIpc) is 3.02. The highest BCUT2D eigenvalue weighted by molar-refractivity contribution is 5.77. The van der Waals surface area contributed by atoms with E-state index < -0.39 is 5.60 Å². The summed E-state index contributed by atoms with van der Waals surface area (Å²) in [5, 5.41) is 14.1. The summed E-state index contributed by atoms with van der Waals surface area (Å²) in [5.41, 5.74) is 1.56. The Morgan fingerprint density at radius 1 is 1.08 bits per heavy atom. The van der Waals surface area contributed by atoms with Crippen molar-refractivity contribution in [2.45, 2.75) is 32.4 Å². The number of fused-ring (bicyclic) bond motifs is 1. The molecule has 0 atom stereocenters. The first kappa shape index (κ1) is 25.6. The van der Waals surface area contributed by atoms with Gasteiger partial charge in [-0.05, 0) is 70.3 Å². The van der Waals surface area contributed by atoms with Gasteiger partial charge in [0, 0.05) is 37.2 Å². The molecule has 1 aromatic carbocycles. The SMILES string of the molecule is C=CCn1c(=O)c2cnc(Nc3ccc(N4CCCN(C)CC4)cc3)nc2n1-c1cccc(C(C)(C)O)n1. The molecule has 2 N–H and O–H groups in total. The van der Waals surface area contributed by atoms with Gasteiger partial charge in [0.15, 0.2) is 11.5 Å². The zero-order valence-corrected chi connectivity index (χ0v) is 22.1. The standard InChI is InChI=1S/C28H34N8O2/c1-5-14-35-26(37)22-19-29-27(32-25(22)36(35)24-9-6-8-23(31-24)28(2,3)38)30-20-10-12-21(13-11-20)34-16-7-15-33(4)17-18-34/h5-6,8-13,19,38H,1,7,14-18H2,2-4H3,(H,29,30,32). The molecule has 0 amide bonds. The van der Waals surface area contributed by atoms with Crippen LogP contribution in [0.15, 0.2) is 66.1 Å². The molecule has 10 nitrogen and oxygen atoms in total.